The lowest BCUT2D eigenvalue weighted by molar-refractivity contribution is -0.118. The van der Waals surface area contributed by atoms with Gasteiger partial charge in [0.15, 0.2) is 23.0 Å². The molecule has 2 aliphatic heterocycles. The van der Waals surface area contributed by atoms with Crippen LogP contribution in [0.2, 0.25) is 0 Å². The van der Waals surface area contributed by atoms with E-state index in [0.717, 1.165) is 23.3 Å². The molecule has 0 amide bonds. The van der Waals surface area contributed by atoms with Crippen LogP contribution in [0.1, 0.15) is 48.2 Å². The second-order valence-corrected chi connectivity index (χ2v) is 9.09. The number of ether oxygens (including phenoxy) is 4. The van der Waals surface area contributed by atoms with Crippen LogP contribution in [0.5, 0.6) is 23.0 Å². The number of Topliss-reactive ketones (excluding diaryl/α,β-unsaturated/α-hetero) is 2. The van der Waals surface area contributed by atoms with Gasteiger partial charge in [0.05, 0.1) is 19.8 Å². The van der Waals surface area contributed by atoms with Gasteiger partial charge >= 0.3 is 0 Å². The molecule has 32 heavy (non-hydrogen) atoms. The standard InChI is InChI=1S/C26H24O6/c1-26(2)12-18(27)16-11-17-19(31-23(16)13-26)8-6-15-24(28)22(32-25(15)17)10-14-5-7-20(29-3)21(9-14)30-4/h5-10H,11-13H2,1-4H3/b22-10-. The molecule has 5 rings (SSSR count). The Labute approximate surface area is 186 Å². The van der Waals surface area contributed by atoms with Crippen LogP contribution >= 0.6 is 0 Å². The smallest absolute Gasteiger partial charge is 0.231 e. The maximum absolute atomic E-state index is 13.0. The number of allylic oxidation sites excluding steroid dienone is 3. The SMILES string of the molecule is COc1ccc(/C=C2\Oc3c(ccc4c3CC3=C(CC(C)(C)CC3=O)O4)C2=O)cc1OC. The van der Waals surface area contributed by atoms with E-state index in [1.807, 2.05) is 6.07 Å². The molecule has 0 unspecified atom stereocenters. The summed E-state index contributed by atoms with van der Waals surface area (Å²) in [6.07, 6.45) is 3.30. The molecule has 2 aromatic carbocycles. The van der Waals surface area contributed by atoms with Crippen molar-refractivity contribution >= 4 is 17.6 Å². The summed E-state index contributed by atoms with van der Waals surface area (Å²) in [7, 11) is 3.13. The number of carbonyl (C=O) groups is 2. The third-order valence-electron chi connectivity index (χ3n) is 6.14. The monoisotopic (exact) mass is 432 g/mol. The summed E-state index contributed by atoms with van der Waals surface area (Å²) >= 11 is 0. The van der Waals surface area contributed by atoms with Crippen LogP contribution in [0.25, 0.3) is 6.08 Å². The Morgan fingerprint density at radius 2 is 1.75 bits per heavy atom. The maximum atomic E-state index is 13.0. The van der Waals surface area contributed by atoms with Crippen LogP contribution in [-0.4, -0.2) is 25.8 Å². The molecule has 0 atom stereocenters. The highest BCUT2D eigenvalue weighted by atomic mass is 16.5. The zero-order valence-corrected chi connectivity index (χ0v) is 18.5. The van der Waals surface area contributed by atoms with Gasteiger partial charge in [-0.15, -0.1) is 0 Å². The van der Waals surface area contributed by atoms with Gasteiger partial charge in [0.25, 0.3) is 0 Å². The van der Waals surface area contributed by atoms with Crippen LogP contribution < -0.4 is 18.9 Å². The van der Waals surface area contributed by atoms with E-state index in [0.29, 0.717) is 47.0 Å². The Bertz CT molecular complexity index is 1230. The number of methoxy groups -OCH3 is 2. The maximum Gasteiger partial charge on any atom is 0.231 e. The van der Waals surface area contributed by atoms with E-state index < -0.39 is 0 Å². The summed E-state index contributed by atoms with van der Waals surface area (Å²) in [4.78, 5) is 25.8. The molecule has 0 spiro atoms. The Balaban J connectivity index is 1.49. The normalized spacial score (nSPS) is 19.7. The molecule has 0 saturated heterocycles. The van der Waals surface area contributed by atoms with Gasteiger partial charge in [0.1, 0.15) is 17.3 Å². The predicted octanol–water partition coefficient (Wildman–Crippen LogP) is 4.90. The Kier molecular flexibility index (Phi) is 4.62. The second kappa shape index (κ2) is 7.26. The lowest BCUT2D eigenvalue weighted by Gasteiger charge is -2.34. The number of hydrogen-bond acceptors (Lipinski definition) is 6. The van der Waals surface area contributed by atoms with Crippen LogP contribution in [0, 0.1) is 5.41 Å². The van der Waals surface area contributed by atoms with E-state index in [9.17, 15) is 9.59 Å². The van der Waals surface area contributed by atoms with Crippen molar-refractivity contribution in [2.45, 2.75) is 33.1 Å². The number of rotatable bonds is 3. The fourth-order valence-corrected chi connectivity index (χ4v) is 4.55. The van der Waals surface area contributed by atoms with Gasteiger partial charge in [0, 0.05) is 30.4 Å². The topological polar surface area (TPSA) is 71.1 Å². The first-order valence-corrected chi connectivity index (χ1v) is 10.5. The molecule has 0 N–H and O–H groups in total. The second-order valence-electron chi connectivity index (χ2n) is 9.09. The number of hydrogen-bond donors (Lipinski definition) is 0. The van der Waals surface area contributed by atoms with Crippen molar-refractivity contribution in [1.82, 2.24) is 0 Å². The summed E-state index contributed by atoms with van der Waals surface area (Å²) < 4.78 is 22.8. The third-order valence-corrected chi connectivity index (χ3v) is 6.14. The van der Waals surface area contributed by atoms with Crippen molar-refractivity contribution in [3.05, 3.63) is 64.1 Å². The van der Waals surface area contributed by atoms with Gasteiger partial charge in [-0.2, -0.15) is 0 Å². The highest BCUT2D eigenvalue weighted by Crippen LogP contribution is 2.48. The first kappa shape index (κ1) is 20.4. The molecule has 3 aliphatic rings. The minimum absolute atomic E-state index is 0.102. The minimum Gasteiger partial charge on any atom is -0.493 e. The fourth-order valence-electron chi connectivity index (χ4n) is 4.55. The summed E-state index contributed by atoms with van der Waals surface area (Å²) in [6.45, 7) is 4.15. The largest absolute Gasteiger partial charge is 0.493 e. The Morgan fingerprint density at radius 3 is 2.50 bits per heavy atom. The average molecular weight is 432 g/mol. The highest BCUT2D eigenvalue weighted by molar-refractivity contribution is 6.15. The van der Waals surface area contributed by atoms with Gasteiger partial charge < -0.3 is 18.9 Å². The molecular formula is C26H24O6. The molecule has 2 heterocycles. The number of fused-ring (bicyclic) bond motifs is 3. The molecule has 164 valence electrons. The van der Waals surface area contributed by atoms with Gasteiger partial charge in [0.2, 0.25) is 5.78 Å². The van der Waals surface area contributed by atoms with E-state index in [2.05, 4.69) is 13.8 Å². The van der Waals surface area contributed by atoms with Crippen molar-refractivity contribution in [2.24, 2.45) is 5.41 Å². The molecule has 0 bridgehead atoms. The molecule has 0 radical (unpaired) electrons. The Hall–Kier alpha value is -3.54. The number of ketones is 2. The zero-order valence-electron chi connectivity index (χ0n) is 18.5. The highest BCUT2D eigenvalue weighted by Gasteiger charge is 2.40. The Morgan fingerprint density at radius 1 is 0.969 bits per heavy atom. The zero-order chi connectivity index (χ0) is 22.6. The molecule has 1 aliphatic carbocycles. The van der Waals surface area contributed by atoms with Gasteiger partial charge in [-0.05, 0) is 41.3 Å². The van der Waals surface area contributed by atoms with Crippen molar-refractivity contribution in [2.75, 3.05) is 14.2 Å². The van der Waals surface area contributed by atoms with Crippen LogP contribution in [0.4, 0.5) is 0 Å². The van der Waals surface area contributed by atoms with Crippen LogP contribution in [0.3, 0.4) is 0 Å². The third kappa shape index (κ3) is 3.27. The lowest BCUT2D eigenvalue weighted by atomic mass is 9.74. The van der Waals surface area contributed by atoms with Crippen molar-refractivity contribution in [1.29, 1.82) is 0 Å². The van der Waals surface area contributed by atoms with E-state index in [1.54, 1.807) is 44.6 Å². The predicted molar refractivity (Wildman–Crippen MR) is 118 cm³/mol. The van der Waals surface area contributed by atoms with E-state index in [-0.39, 0.29) is 22.7 Å². The molecule has 2 aromatic rings. The first-order valence-electron chi connectivity index (χ1n) is 10.5. The van der Waals surface area contributed by atoms with Gasteiger partial charge in [-0.3, -0.25) is 9.59 Å². The molecule has 6 nitrogen and oxygen atoms in total. The van der Waals surface area contributed by atoms with Crippen molar-refractivity contribution in [3.63, 3.8) is 0 Å². The van der Waals surface area contributed by atoms with Crippen LogP contribution in [-0.2, 0) is 11.2 Å². The van der Waals surface area contributed by atoms with Crippen LogP contribution in [0.15, 0.2) is 47.4 Å². The average Bonchev–Trinajstić information content (AvgIpc) is 3.07. The number of benzene rings is 2. The van der Waals surface area contributed by atoms with E-state index in [1.165, 1.54) is 0 Å². The van der Waals surface area contributed by atoms with E-state index in [4.69, 9.17) is 18.9 Å². The molecule has 0 fully saturated rings. The summed E-state index contributed by atoms with van der Waals surface area (Å²) in [5.74, 6) is 3.15. The molecule has 0 saturated carbocycles. The molecule has 0 aromatic heterocycles. The minimum atomic E-state index is -0.200. The van der Waals surface area contributed by atoms with Crippen molar-refractivity contribution in [3.8, 4) is 23.0 Å². The quantitative estimate of drug-likeness (QED) is 0.643. The van der Waals surface area contributed by atoms with Crippen molar-refractivity contribution < 1.29 is 28.5 Å². The molecule has 6 heteroatoms. The van der Waals surface area contributed by atoms with Gasteiger partial charge in [-0.25, -0.2) is 0 Å². The summed E-state index contributed by atoms with van der Waals surface area (Å²) in [5.41, 5.74) is 2.55. The molecular weight excluding hydrogens is 408 g/mol. The van der Waals surface area contributed by atoms with Gasteiger partial charge in [-0.1, -0.05) is 19.9 Å². The fraction of sp³-hybridized carbons (Fsp3) is 0.308. The number of carbonyl (C=O) groups excluding carboxylic acids is 2. The summed E-state index contributed by atoms with van der Waals surface area (Å²) in [5, 5.41) is 0. The van der Waals surface area contributed by atoms with E-state index >= 15 is 0 Å². The first-order chi connectivity index (χ1) is 15.3. The summed E-state index contributed by atoms with van der Waals surface area (Å²) in [6, 6.07) is 8.91. The lowest BCUT2D eigenvalue weighted by Crippen LogP contribution is -2.30.